The minimum atomic E-state index is -0.0923. The molecular weight excluding hydrogens is 171 g/mol. The minimum Gasteiger partial charge on any atom is -0.205 e. The quantitative estimate of drug-likeness (QED) is 0.629. The van der Waals surface area contributed by atoms with Crippen molar-refractivity contribution in [2.45, 2.75) is 13.3 Å². The molecule has 2 aromatic rings. The van der Waals surface area contributed by atoms with Crippen LogP contribution in [0.25, 0.3) is 10.1 Å². The molecule has 0 fully saturated rings. The summed E-state index contributed by atoms with van der Waals surface area (Å²) in [4.78, 5) is 0. The first-order valence-electron chi connectivity index (χ1n) is 3.97. The number of halogens is 1. The molecule has 62 valence electrons. The van der Waals surface area contributed by atoms with E-state index in [2.05, 4.69) is 13.0 Å². The Balaban J connectivity index is 2.81. The van der Waals surface area contributed by atoms with E-state index < -0.39 is 0 Å². The SMILES string of the molecule is CCc1cccc2c(F)csc12. The molecular formula is C10H9FS. The number of aryl methyl sites for hydroxylation is 1. The van der Waals surface area contributed by atoms with Crippen LogP contribution >= 0.6 is 11.3 Å². The van der Waals surface area contributed by atoms with Gasteiger partial charge in [-0.15, -0.1) is 11.3 Å². The molecule has 1 heterocycles. The van der Waals surface area contributed by atoms with Gasteiger partial charge in [0.1, 0.15) is 5.82 Å². The van der Waals surface area contributed by atoms with Gasteiger partial charge < -0.3 is 0 Å². The number of rotatable bonds is 1. The van der Waals surface area contributed by atoms with E-state index in [-0.39, 0.29) is 5.82 Å². The molecule has 0 saturated heterocycles. The van der Waals surface area contributed by atoms with Crippen molar-refractivity contribution in [1.82, 2.24) is 0 Å². The van der Waals surface area contributed by atoms with Crippen molar-refractivity contribution in [1.29, 1.82) is 0 Å². The third kappa shape index (κ3) is 1.03. The molecule has 0 saturated carbocycles. The van der Waals surface area contributed by atoms with Crippen molar-refractivity contribution < 1.29 is 4.39 Å². The third-order valence-corrected chi connectivity index (χ3v) is 3.06. The summed E-state index contributed by atoms with van der Waals surface area (Å²) in [6.07, 6.45) is 0.970. The highest BCUT2D eigenvalue weighted by atomic mass is 32.1. The van der Waals surface area contributed by atoms with Crippen LogP contribution in [-0.4, -0.2) is 0 Å². The maximum Gasteiger partial charge on any atom is 0.141 e. The van der Waals surface area contributed by atoms with Crippen LogP contribution in [0.15, 0.2) is 23.6 Å². The van der Waals surface area contributed by atoms with E-state index in [1.165, 1.54) is 16.9 Å². The van der Waals surface area contributed by atoms with Gasteiger partial charge in [-0.05, 0) is 12.0 Å². The highest BCUT2D eigenvalue weighted by Gasteiger charge is 2.04. The van der Waals surface area contributed by atoms with Gasteiger partial charge in [-0.25, -0.2) is 4.39 Å². The second-order valence-electron chi connectivity index (χ2n) is 2.73. The summed E-state index contributed by atoms with van der Waals surface area (Å²) in [5.41, 5.74) is 1.24. The Labute approximate surface area is 74.6 Å². The molecule has 0 atom stereocenters. The first-order chi connectivity index (χ1) is 5.83. The van der Waals surface area contributed by atoms with Crippen molar-refractivity contribution in [3.63, 3.8) is 0 Å². The van der Waals surface area contributed by atoms with Crippen molar-refractivity contribution in [2.75, 3.05) is 0 Å². The second-order valence-corrected chi connectivity index (χ2v) is 3.61. The first kappa shape index (κ1) is 7.74. The van der Waals surface area contributed by atoms with Gasteiger partial charge in [-0.1, -0.05) is 25.1 Å². The fourth-order valence-corrected chi connectivity index (χ4v) is 2.37. The molecule has 2 heteroatoms. The molecule has 0 aliphatic rings. The zero-order valence-electron chi connectivity index (χ0n) is 6.80. The van der Waals surface area contributed by atoms with E-state index in [4.69, 9.17) is 0 Å². The van der Waals surface area contributed by atoms with Crippen molar-refractivity contribution in [3.8, 4) is 0 Å². The number of thiophene rings is 1. The first-order valence-corrected chi connectivity index (χ1v) is 4.85. The molecule has 12 heavy (non-hydrogen) atoms. The molecule has 0 unspecified atom stereocenters. The predicted molar refractivity (Wildman–Crippen MR) is 51.2 cm³/mol. The number of hydrogen-bond donors (Lipinski definition) is 0. The Hall–Kier alpha value is -0.890. The van der Waals surface area contributed by atoms with Gasteiger partial charge in [0.05, 0.1) is 0 Å². The zero-order chi connectivity index (χ0) is 8.55. The number of fused-ring (bicyclic) bond motifs is 1. The van der Waals surface area contributed by atoms with Crippen LogP contribution in [0.5, 0.6) is 0 Å². The van der Waals surface area contributed by atoms with E-state index >= 15 is 0 Å². The van der Waals surface area contributed by atoms with Gasteiger partial charge in [-0.2, -0.15) is 0 Å². The predicted octanol–water partition coefficient (Wildman–Crippen LogP) is 3.60. The summed E-state index contributed by atoms with van der Waals surface area (Å²) < 4.78 is 14.2. The lowest BCUT2D eigenvalue weighted by atomic mass is 10.1. The highest BCUT2D eigenvalue weighted by molar-refractivity contribution is 7.17. The van der Waals surface area contributed by atoms with Crippen LogP contribution < -0.4 is 0 Å². The second kappa shape index (κ2) is 2.87. The monoisotopic (exact) mass is 180 g/mol. The number of hydrogen-bond acceptors (Lipinski definition) is 1. The van der Waals surface area contributed by atoms with Crippen molar-refractivity contribution in [3.05, 3.63) is 35.0 Å². The molecule has 0 amide bonds. The van der Waals surface area contributed by atoms with E-state index in [1.807, 2.05) is 12.1 Å². The van der Waals surface area contributed by atoms with Gasteiger partial charge in [0.25, 0.3) is 0 Å². The van der Waals surface area contributed by atoms with Gasteiger partial charge in [0.15, 0.2) is 0 Å². The molecule has 0 aliphatic carbocycles. The summed E-state index contributed by atoms with van der Waals surface area (Å²) >= 11 is 1.49. The Bertz CT molecular complexity index is 403. The summed E-state index contributed by atoms with van der Waals surface area (Å²) in [5, 5.41) is 2.34. The molecule has 0 bridgehead atoms. The van der Waals surface area contributed by atoms with E-state index in [9.17, 15) is 4.39 Å². The molecule has 0 nitrogen and oxygen atoms in total. The van der Waals surface area contributed by atoms with Crippen LogP contribution in [0.1, 0.15) is 12.5 Å². The van der Waals surface area contributed by atoms with Gasteiger partial charge in [0.2, 0.25) is 0 Å². The van der Waals surface area contributed by atoms with Crippen LogP contribution in [-0.2, 0) is 6.42 Å². The highest BCUT2D eigenvalue weighted by Crippen LogP contribution is 2.27. The average Bonchev–Trinajstić information content (AvgIpc) is 2.48. The molecule has 2 rings (SSSR count). The van der Waals surface area contributed by atoms with Crippen LogP contribution in [0.2, 0.25) is 0 Å². The molecule has 0 spiro atoms. The lowest BCUT2D eigenvalue weighted by Crippen LogP contribution is -1.78. The van der Waals surface area contributed by atoms with E-state index in [0.717, 1.165) is 16.5 Å². The maximum atomic E-state index is 13.1. The largest absolute Gasteiger partial charge is 0.205 e. The summed E-state index contributed by atoms with van der Waals surface area (Å²) in [5.74, 6) is -0.0923. The topological polar surface area (TPSA) is 0 Å². The minimum absolute atomic E-state index is 0.0923. The van der Waals surface area contributed by atoms with Crippen LogP contribution in [0.3, 0.4) is 0 Å². The fourth-order valence-electron chi connectivity index (χ4n) is 1.36. The Kier molecular flexibility index (Phi) is 1.85. The normalized spacial score (nSPS) is 10.8. The van der Waals surface area contributed by atoms with Crippen molar-refractivity contribution in [2.24, 2.45) is 0 Å². The summed E-state index contributed by atoms with van der Waals surface area (Å²) in [6, 6.07) is 5.80. The molecule has 1 aromatic heterocycles. The molecule has 1 aromatic carbocycles. The van der Waals surface area contributed by atoms with Gasteiger partial charge in [0, 0.05) is 15.5 Å². The van der Waals surface area contributed by atoms with Crippen LogP contribution in [0, 0.1) is 5.82 Å². The lowest BCUT2D eigenvalue weighted by Gasteiger charge is -1.96. The lowest BCUT2D eigenvalue weighted by molar-refractivity contribution is 0.644. The van der Waals surface area contributed by atoms with Crippen molar-refractivity contribution >= 4 is 21.4 Å². The average molecular weight is 180 g/mol. The Morgan fingerprint density at radius 1 is 1.42 bits per heavy atom. The maximum absolute atomic E-state index is 13.1. The Morgan fingerprint density at radius 3 is 3.00 bits per heavy atom. The zero-order valence-corrected chi connectivity index (χ0v) is 7.62. The van der Waals surface area contributed by atoms with Gasteiger partial charge >= 0.3 is 0 Å². The molecule has 0 aliphatic heterocycles. The smallest absolute Gasteiger partial charge is 0.141 e. The fraction of sp³-hybridized carbons (Fsp3) is 0.200. The van der Waals surface area contributed by atoms with Crippen LogP contribution in [0.4, 0.5) is 4.39 Å². The molecule has 0 N–H and O–H groups in total. The van der Waals surface area contributed by atoms with E-state index in [1.54, 1.807) is 5.38 Å². The summed E-state index contributed by atoms with van der Waals surface area (Å²) in [7, 11) is 0. The standard InChI is InChI=1S/C10H9FS/c1-2-7-4-3-5-8-9(11)6-12-10(7)8/h3-6H,2H2,1H3. The Morgan fingerprint density at radius 2 is 2.25 bits per heavy atom. The summed E-state index contributed by atoms with van der Waals surface area (Å²) in [6.45, 7) is 2.09. The van der Waals surface area contributed by atoms with Gasteiger partial charge in [-0.3, -0.25) is 0 Å². The van der Waals surface area contributed by atoms with E-state index in [0.29, 0.717) is 0 Å². The molecule has 0 radical (unpaired) electrons. The number of benzene rings is 1. The third-order valence-electron chi connectivity index (χ3n) is 2.02.